The third-order valence-corrected chi connectivity index (χ3v) is 3.79. The minimum absolute atomic E-state index is 0.159. The molecule has 8 nitrogen and oxygen atoms in total. The Hall–Kier alpha value is -2.99. The van der Waals surface area contributed by atoms with Crippen LogP contribution in [0.25, 0.3) is 11.3 Å². The predicted molar refractivity (Wildman–Crippen MR) is 93.2 cm³/mol. The summed E-state index contributed by atoms with van der Waals surface area (Å²) in [5.74, 6) is 0.163. The van der Waals surface area contributed by atoms with Gasteiger partial charge in [0.2, 0.25) is 0 Å². The summed E-state index contributed by atoms with van der Waals surface area (Å²) in [7, 11) is 3.04. The third kappa shape index (κ3) is 4.10. The van der Waals surface area contributed by atoms with Gasteiger partial charge in [-0.15, -0.1) is 0 Å². The van der Waals surface area contributed by atoms with Gasteiger partial charge in [0.1, 0.15) is 24.0 Å². The molecule has 0 atom stereocenters. The molecule has 0 fully saturated rings. The van der Waals surface area contributed by atoms with E-state index >= 15 is 0 Å². The van der Waals surface area contributed by atoms with Gasteiger partial charge in [-0.2, -0.15) is 5.26 Å². The molecule has 0 bridgehead atoms. The Balaban J connectivity index is 2.61. The van der Waals surface area contributed by atoms with Gasteiger partial charge in [-0.25, -0.2) is 9.97 Å². The second-order valence-corrected chi connectivity index (χ2v) is 5.48. The fraction of sp³-hybridized carbons (Fsp3) is 0.250. The predicted octanol–water partition coefficient (Wildman–Crippen LogP) is 2.25. The summed E-state index contributed by atoms with van der Waals surface area (Å²) in [6.45, 7) is -0.356. The number of rotatable bonds is 7. The van der Waals surface area contributed by atoms with Gasteiger partial charge in [-0.05, 0) is 24.5 Å². The minimum Gasteiger partial charge on any atom is -0.493 e. The second-order valence-electron chi connectivity index (χ2n) is 4.71. The smallest absolute Gasteiger partial charge is 0.322 e. The molecule has 1 heterocycles. The highest BCUT2D eigenvalue weighted by Crippen LogP contribution is 2.34. The number of anilines is 1. The van der Waals surface area contributed by atoms with Gasteiger partial charge in [0.05, 0.1) is 19.9 Å². The van der Waals surface area contributed by atoms with Crippen LogP contribution < -0.4 is 14.8 Å². The number of methoxy groups -OCH3 is 2. The molecule has 0 spiro atoms. The first-order valence-electron chi connectivity index (χ1n) is 7.08. The van der Waals surface area contributed by atoms with Crippen molar-refractivity contribution < 1.29 is 19.4 Å². The zero-order valence-corrected chi connectivity index (χ0v) is 14.7. The topological polar surface area (TPSA) is 117 Å². The first kappa shape index (κ1) is 18.4. The lowest BCUT2D eigenvalue weighted by molar-refractivity contribution is -0.134. The second kappa shape index (κ2) is 8.21. The average molecular weight is 360 g/mol. The van der Waals surface area contributed by atoms with Gasteiger partial charge in [-0.3, -0.25) is 4.79 Å². The first-order chi connectivity index (χ1) is 12.0. The van der Waals surface area contributed by atoms with Crippen LogP contribution in [0.4, 0.5) is 5.82 Å². The van der Waals surface area contributed by atoms with Gasteiger partial charge in [-0.1, -0.05) is 11.8 Å². The summed E-state index contributed by atoms with van der Waals surface area (Å²) in [6, 6.07) is 7.20. The van der Waals surface area contributed by atoms with Crippen LogP contribution in [-0.4, -0.2) is 48.1 Å². The van der Waals surface area contributed by atoms with E-state index in [4.69, 9.17) is 14.6 Å². The van der Waals surface area contributed by atoms with Crippen molar-refractivity contribution in [2.24, 2.45) is 0 Å². The standard InChI is InChI=1S/C16H16N4O4S/c1-23-11-5-4-9(6-12(11)24-2)14-10(7-17)15(18-8-13(21)22)20-16(19-14)25-3/h4-6H,8H2,1-3H3,(H,21,22)(H,18,19,20). The summed E-state index contributed by atoms with van der Waals surface area (Å²) >= 11 is 1.29. The third-order valence-electron chi connectivity index (χ3n) is 3.25. The Labute approximate surface area is 148 Å². The lowest BCUT2D eigenvalue weighted by atomic mass is 10.1. The average Bonchev–Trinajstić information content (AvgIpc) is 2.64. The maximum absolute atomic E-state index is 10.8. The summed E-state index contributed by atoms with van der Waals surface area (Å²) < 4.78 is 10.5. The normalized spacial score (nSPS) is 10.0. The number of nitrogens with one attached hydrogen (secondary N) is 1. The van der Waals surface area contributed by atoms with Gasteiger partial charge in [0.25, 0.3) is 0 Å². The molecule has 0 radical (unpaired) electrons. The molecule has 0 aliphatic carbocycles. The summed E-state index contributed by atoms with van der Waals surface area (Å²) in [6.07, 6.45) is 1.79. The van der Waals surface area contributed by atoms with E-state index in [0.717, 1.165) is 0 Å². The van der Waals surface area contributed by atoms with E-state index in [-0.39, 0.29) is 17.9 Å². The number of hydrogen-bond acceptors (Lipinski definition) is 8. The highest BCUT2D eigenvalue weighted by Gasteiger charge is 2.18. The number of benzene rings is 1. The Morgan fingerprint density at radius 2 is 2.04 bits per heavy atom. The lowest BCUT2D eigenvalue weighted by Gasteiger charge is -2.13. The van der Waals surface area contributed by atoms with Crippen LogP contribution in [0, 0.1) is 11.3 Å². The molecule has 25 heavy (non-hydrogen) atoms. The van der Waals surface area contributed by atoms with E-state index in [1.54, 1.807) is 24.5 Å². The molecule has 0 aliphatic rings. The fourth-order valence-corrected chi connectivity index (χ4v) is 2.48. The van der Waals surface area contributed by atoms with E-state index < -0.39 is 5.97 Å². The lowest BCUT2D eigenvalue weighted by Crippen LogP contribution is -2.15. The Morgan fingerprint density at radius 3 is 2.60 bits per heavy atom. The van der Waals surface area contributed by atoms with E-state index in [9.17, 15) is 10.1 Å². The van der Waals surface area contributed by atoms with E-state index in [1.807, 2.05) is 6.07 Å². The van der Waals surface area contributed by atoms with Crippen LogP contribution in [-0.2, 0) is 4.79 Å². The number of carboxylic acid groups (broad SMARTS) is 1. The van der Waals surface area contributed by atoms with Crippen molar-refractivity contribution in [1.82, 2.24) is 9.97 Å². The monoisotopic (exact) mass is 360 g/mol. The summed E-state index contributed by atoms with van der Waals surface area (Å²) in [5.41, 5.74) is 1.17. The van der Waals surface area contributed by atoms with Crippen LogP contribution in [0.3, 0.4) is 0 Å². The summed E-state index contributed by atoms with van der Waals surface area (Å²) in [4.78, 5) is 19.4. The van der Waals surface area contributed by atoms with Crippen LogP contribution in [0.15, 0.2) is 23.4 Å². The molecule has 9 heteroatoms. The van der Waals surface area contributed by atoms with Crippen molar-refractivity contribution in [3.63, 3.8) is 0 Å². The number of carbonyl (C=O) groups is 1. The maximum atomic E-state index is 10.8. The molecule has 2 rings (SSSR count). The first-order valence-corrected chi connectivity index (χ1v) is 8.30. The van der Waals surface area contributed by atoms with Gasteiger partial charge >= 0.3 is 5.97 Å². The zero-order valence-electron chi connectivity index (χ0n) is 13.9. The molecule has 2 N–H and O–H groups in total. The molecule has 130 valence electrons. The number of carboxylic acids is 1. The number of nitrogens with zero attached hydrogens (tertiary/aromatic N) is 3. The highest BCUT2D eigenvalue weighted by molar-refractivity contribution is 7.98. The molecule has 0 saturated carbocycles. The maximum Gasteiger partial charge on any atom is 0.322 e. The molecule has 1 aromatic heterocycles. The molecular formula is C16H16N4O4S. The van der Waals surface area contributed by atoms with Crippen LogP contribution in [0.2, 0.25) is 0 Å². The molecule has 1 aromatic carbocycles. The largest absolute Gasteiger partial charge is 0.493 e. The van der Waals surface area contributed by atoms with Crippen molar-refractivity contribution in [2.75, 3.05) is 32.3 Å². The van der Waals surface area contributed by atoms with Crippen LogP contribution in [0.5, 0.6) is 11.5 Å². The fourth-order valence-electron chi connectivity index (χ4n) is 2.12. The van der Waals surface area contributed by atoms with Crippen molar-refractivity contribution in [3.05, 3.63) is 23.8 Å². The van der Waals surface area contributed by atoms with Crippen LogP contribution in [0.1, 0.15) is 5.56 Å². The molecule has 0 amide bonds. The number of thioether (sulfide) groups is 1. The van der Waals surface area contributed by atoms with Crippen molar-refractivity contribution in [3.8, 4) is 28.8 Å². The van der Waals surface area contributed by atoms with Gasteiger partial charge < -0.3 is 19.9 Å². The van der Waals surface area contributed by atoms with E-state index in [0.29, 0.717) is 27.9 Å². The SMILES string of the molecule is COc1ccc(-c2nc(SC)nc(NCC(=O)O)c2C#N)cc1OC. The minimum atomic E-state index is -1.05. The van der Waals surface area contributed by atoms with Crippen molar-refractivity contribution in [2.45, 2.75) is 5.16 Å². The molecule has 0 aliphatic heterocycles. The number of nitriles is 1. The van der Waals surface area contributed by atoms with Crippen molar-refractivity contribution in [1.29, 1.82) is 5.26 Å². The molecule has 0 saturated heterocycles. The zero-order chi connectivity index (χ0) is 18.4. The molecule has 2 aromatic rings. The number of aliphatic carboxylic acids is 1. The quantitative estimate of drug-likeness (QED) is 0.566. The Bertz CT molecular complexity index is 836. The van der Waals surface area contributed by atoms with Crippen LogP contribution >= 0.6 is 11.8 Å². The highest BCUT2D eigenvalue weighted by atomic mass is 32.2. The van der Waals surface area contributed by atoms with Crippen molar-refractivity contribution >= 4 is 23.5 Å². The van der Waals surface area contributed by atoms with Gasteiger partial charge in [0.15, 0.2) is 16.7 Å². The number of ether oxygens (including phenoxy) is 2. The number of aromatic nitrogens is 2. The Morgan fingerprint density at radius 1 is 1.32 bits per heavy atom. The van der Waals surface area contributed by atoms with E-state index in [1.165, 1.54) is 26.0 Å². The Kier molecular flexibility index (Phi) is 6.03. The summed E-state index contributed by atoms with van der Waals surface area (Å²) in [5, 5.41) is 21.5. The van der Waals surface area contributed by atoms with Gasteiger partial charge in [0, 0.05) is 5.56 Å². The molecule has 0 unspecified atom stereocenters. The molecular weight excluding hydrogens is 344 g/mol. The van der Waals surface area contributed by atoms with E-state index in [2.05, 4.69) is 15.3 Å². The number of hydrogen-bond donors (Lipinski definition) is 2.